The number of hydrogen-bond donors (Lipinski definition) is 3. The fourth-order valence-corrected chi connectivity index (χ4v) is 4.10. The summed E-state index contributed by atoms with van der Waals surface area (Å²) in [6.07, 6.45) is 0. The first-order valence-electron chi connectivity index (χ1n) is 8.60. The van der Waals surface area contributed by atoms with E-state index in [4.69, 9.17) is 0 Å². The summed E-state index contributed by atoms with van der Waals surface area (Å²) in [7, 11) is -3.76. The van der Waals surface area contributed by atoms with E-state index in [1.54, 1.807) is 41.3 Å². The van der Waals surface area contributed by atoms with Crippen LogP contribution in [0.25, 0.3) is 10.9 Å². The van der Waals surface area contributed by atoms with E-state index in [-0.39, 0.29) is 16.6 Å². The van der Waals surface area contributed by atoms with Crippen LogP contribution in [0.3, 0.4) is 0 Å². The van der Waals surface area contributed by atoms with Gasteiger partial charge in [-0.3, -0.25) is 14.6 Å². The van der Waals surface area contributed by atoms with Gasteiger partial charge in [0.25, 0.3) is 15.9 Å². The molecule has 140 valence electrons. The fourth-order valence-electron chi connectivity index (χ4n) is 3.06. The number of nitrogens with zero attached hydrogens (tertiary/aromatic N) is 2. The number of hydrogen-bond acceptors (Lipinski definition) is 5. The zero-order valence-corrected chi connectivity index (χ0v) is 15.3. The minimum Gasteiger partial charge on any atom is -0.336 e. The molecule has 0 radical (unpaired) electrons. The Kier molecular flexibility index (Phi) is 4.54. The molecule has 8 nitrogen and oxygen atoms in total. The Hall–Kier alpha value is -2.91. The zero-order chi connectivity index (χ0) is 18.9. The number of carbonyl (C=O) groups excluding carboxylic acids is 1. The first-order valence-corrected chi connectivity index (χ1v) is 10.1. The predicted molar refractivity (Wildman–Crippen MR) is 102 cm³/mol. The molecule has 1 aromatic heterocycles. The van der Waals surface area contributed by atoms with Gasteiger partial charge in [0.1, 0.15) is 0 Å². The summed E-state index contributed by atoms with van der Waals surface area (Å²) in [6, 6.07) is 13.2. The standard InChI is InChI=1S/C18H19N5O3S/c24-18(23-10-8-19-9-11-23)13-6-7-16-15(12-13)17(21-20-16)22-27(25,26)14-4-2-1-3-5-14/h1-7,12,19H,8-11H2,(H2,20,21,22). The largest absolute Gasteiger partial charge is 0.336 e. The third-order valence-electron chi connectivity index (χ3n) is 4.50. The van der Waals surface area contributed by atoms with E-state index >= 15 is 0 Å². The highest BCUT2D eigenvalue weighted by atomic mass is 32.2. The third-order valence-corrected chi connectivity index (χ3v) is 5.85. The van der Waals surface area contributed by atoms with Crippen LogP contribution in [0.1, 0.15) is 10.4 Å². The van der Waals surface area contributed by atoms with Crippen LogP contribution in [-0.2, 0) is 10.0 Å². The molecular weight excluding hydrogens is 366 g/mol. The summed E-state index contributed by atoms with van der Waals surface area (Å²) in [5.74, 6) is 0.0975. The van der Waals surface area contributed by atoms with E-state index in [2.05, 4.69) is 20.2 Å². The molecule has 1 fully saturated rings. The van der Waals surface area contributed by atoms with Gasteiger partial charge < -0.3 is 10.2 Å². The van der Waals surface area contributed by atoms with Crippen LogP contribution in [0.5, 0.6) is 0 Å². The Morgan fingerprint density at radius 3 is 2.56 bits per heavy atom. The summed E-state index contributed by atoms with van der Waals surface area (Å²) in [4.78, 5) is 14.6. The quantitative estimate of drug-likeness (QED) is 0.629. The molecule has 0 spiro atoms. The smallest absolute Gasteiger partial charge is 0.263 e. The third kappa shape index (κ3) is 3.51. The second-order valence-electron chi connectivity index (χ2n) is 6.29. The normalized spacial score (nSPS) is 15.0. The van der Waals surface area contributed by atoms with Crippen LogP contribution in [0.2, 0.25) is 0 Å². The van der Waals surface area contributed by atoms with Crippen molar-refractivity contribution < 1.29 is 13.2 Å². The van der Waals surface area contributed by atoms with Crippen LogP contribution in [0, 0.1) is 0 Å². The number of aromatic amines is 1. The highest BCUT2D eigenvalue weighted by Crippen LogP contribution is 2.25. The molecule has 4 rings (SSSR count). The Bertz CT molecular complexity index is 1070. The van der Waals surface area contributed by atoms with Gasteiger partial charge in [0.05, 0.1) is 10.4 Å². The number of rotatable bonds is 4. The second-order valence-corrected chi connectivity index (χ2v) is 7.98. The van der Waals surface area contributed by atoms with Gasteiger partial charge in [-0.2, -0.15) is 5.10 Å². The van der Waals surface area contributed by atoms with E-state index in [9.17, 15) is 13.2 Å². The number of sulfonamides is 1. The van der Waals surface area contributed by atoms with E-state index in [0.717, 1.165) is 13.1 Å². The lowest BCUT2D eigenvalue weighted by Gasteiger charge is -2.27. The Morgan fingerprint density at radius 2 is 1.81 bits per heavy atom. The van der Waals surface area contributed by atoms with Crippen LogP contribution in [0.15, 0.2) is 53.4 Å². The number of piperazine rings is 1. The van der Waals surface area contributed by atoms with E-state index in [1.165, 1.54) is 12.1 Å². The van der Waals surface area contributed by atoms with Gasteiger partial charge in [-0.15, -0.1) is 0 Å². The number of fused-ring (bicyclic) bond motifs is 1. The molecule has 2 heterocycles. The van der Waals surface area contributed by atoms with Gasteiger partial charge in [-0.25, -0.2) is 8.42 Å². The maximum atomic E-state index is 12.7. The molecule has 0 aliphatic carbocycles. The van der Waals surface area contributed by atoms with Crippen molar-refractivity contribution >= 4 is 32.7 Å². The molecule has 0 unspecified atom stereocenters. The van der Waals surface area contributed by atoms with E-state index in [0.29, 0.717) is 29.6 Å². The molecule has 1 aliphatic rings. The van der Waals surface area contributed by atoms with Crippen LogP contribution in [-0.4, -0.2) is 55.6 Å². The molecule has 1 aliphatic heterocycles. The lowest BCUT2D eigenvalue weighted by Crippen LogP contribution is -2.46. The Morgan fingerprint density at radius 1 is 1.07 bits per heavy atom. The van der Waals surface area contributed by atoms with Crippen molar-refractivity contribution in [3.8, 4) is 0 Å². The van der Waals surface area contributed by atoms with Crippen LogP contribution < -0.4 is 10.0 Å². The van der Waals surface area contributed by atoms with Gasteiger partial charge in [0.2, 0.25) is 0 Å². The average molecular weight is 385 g/mol. The lowest BCUT2D eigenvalue weighted by atomic mass is 10.1. The van der Waals surface area contributed by atoms with Crippen molar-refractivity contribution in [1.29, 1.82) is 0 Å². The van der Waals surface area contributed by atoms with Crippen LogP contribution in [0.4, 0.5) is 5.82 Å². The molecule has 0 bridgehead atoms. The first-order chi connectivity index (χ1) is 13.0. The number of carbonyl (C=O) groups is 1. The molecule has 0 atom stereocenters. The maximum Gasteiger partial charge on any atom is 0.263 e. The van der Waals surface area contributed by atoms with Crippen molar-refractivity contribution in [3.63, 3.8) is 0 Å². The summed E-state index contributed by atoms with van der Waals surface area (Å²) in [5.41, 5.74) is 1.16. The number of nitrogens with one attached hydrogen (secondary N) is 3. The lowest BCUT2D eigenvalue weighted by molar-refractivity contribution is 0.0736. The topological polar surface area (TPSA) is 107 Å². The molecular formula is C18H19N5O3S. The molecule has 1 saturated heterocycles. The number of benzene rings is 2. The van der Waals surface area contributed by atoms with Crippen molar-refractivity contribution in [2.24, 2.45) is 0 Å². The number of amides is 1. The van der Waals surface area contributed by atoms with Crippen molar-refractivity contribution in [2.45, 2.75) is 4.90 Å². The summed E-state index contributed by atoms with van der Waals surface area (Å²) in [6.45, 7) is 2.83. The van der Waals surface area contributed by atoms with Gasteiger partial charge >= 0.3 is 0 Å². The Balaban J connectivity index is 1.65. The van der Waals surface area contributed by atoms with Gasteiger partial charge in [-0.1, -0.05) is 18.2 Å². The van der Waals surface area contributed by atoms with Gasteiger partial charge in [0.15, 0.2) is 5.82 Å². The van der Waals surface area contributed by atoms with Gasteiger partial charge in [-0.05, 0) is 30.3 Å². The molecule has 3 aromatic rings. The number of aromatic nitrogens is 2. The summed E-state index contributed by atoms with van der Waals surface area (Å²) < 4.78 is 27.6. The average Bonchev–Trinajstić information content (AvgIpc) is 3.10. The zero-order valence-electron chi connectivity index (χ0n) is 14.5. The summed E-state index contributed by atoms with van der Waals surface area (Å²) in [5, 5.41) is 10.6. The minimum absolute atomic E-state index is 0.0727. The SMILES string of the molecule is O=C(c1ccc2[nH]nc(NS(=O)(=O)c3ccccc3)c2c1)N1CCNCC1. The first kappa shape index (κ1) is 17.5. The number of anilines is 1. The predicted octanol–water partition coefficient (Wildman–Crippen LogP) is 1.41. The highest BCUT2D eigenvalue weighted by molar-refractivity contribution is 7.92. The highest BCUT2D eigenvalue weighted by Gasteiger charge is 2.21. The van der Waals surface area contributed by atoms with Crippen molar-refractivity contribution in [3.05, 3.63) is 54.1 Å². The molecule has 0 saturated carbocycles. The van der Waals surface area contributed by atoms with Crippen molar-refractivity contribution in [2.75, 3.05) is 30.9 Å². The monoisotopic (exact) mass is 385 g/mol. The Labute approximate surface area is 156 Å². The number of H-pyrrole nitrogens is 1. The van der Waals surface area contributed by atoms with E-state index in [1.807, 2.05) is 0 Å². The van der Waals surface area contributed by atoms with Crippen molar-refractivity contribution in [1.82, 2.24) is 20.4 Å². The molecule has 27 heavy (non-hydrogen) atoms. The second kappa shape index (κ2) is 7.01. The molecule has 3 N–H and O–H groups in total. The maximum absolute atomic E-state index is 12.7. The fraction of sp³-hybridized carbons (Fsp3) is 0.222. The van der Waals surface area contributed by atoms with E-state index < -0.39 is 10.0 Å². The van der Waals surface area contributed by atoms with Crippen LogP contribution >= 0.6 is 0 Å². The minimum atomic E-state index is -3.76. The molecule has 1 amide bonds. The summed E-state index contributed by atoms with van der Waals surface area (Å²) >= 11 is 0. The van der Waals surface area contributed by atoms with Gasteiger partial charge in [0, 0.05) is 37.1 Å². The molecule has 9 heteroatoms. The molecule has 2 aromatic carbocycles.